The number of amidine groups is 1. The minimum absolute atomic E-state index is 0.0534. The Balaban J connectivity index is 1.09. The number of imidazole rings is 2. The first kappa shape index (κ1) is 29.2. The smallest absolute Gasteiger partial charge is 0.468 e. The largest absolute Gasteiger partial charge is 0.487 e. The molecule has 0 aliphatic heterocycles. The van der Waals surface area contributed by atoms with Gasteiger partial charge in [-0.05, 0) is 84.4 Å². The highest BCUT2D eigenvalue weighted by Crippen LogP contribution is 2.37. The van der Waals surface area contributed by atoms with Gasteiger partial charge in [-0.15, -0.1) is 0 Å². The maximum atomic E-state index is 14.6. The third-order valence-corrected chi connectivity index (χ3v) is 6.99. The summed E-state index contributed by atoms with van der Waals surface area (Å²) in [7, 11) is 0. The van der Waals surface area contributed by atoms with Crippen molar-refractivity contribution in [1.82, 2.24) is 19.9 Å². The lowest BCUT2D eigenvalue weighted by Crippen LogP contribution is -2.49. The van der Waals surface area contributed by atoms with Gasteiger partial charge in [0.15, 0.2) is 6.61 Å². The number of ether oxygens (including phenoxy) is 2. The molecule has 6 rings (SSSR count). The molecule has 0 saturated heterocycles. The zero-order valence-corrected chi connectivity index (χ0v) is 23.4. The van der Waals surface area contributed by atoms with E-state index in [0.717, 1.165) is 17.7 Å². The molecule has 0 aliphatic carbocycles. The van der Waals surface area contributed by atoms with Crippen molar-refractivity contribution in [3.8, 4) is 34.3 Å². The standard InChI is InChI=1S/C32H25F4N7O2/c1-17(37)20-6-12-24-26(14-20)42-30(40-24)19-4-10-23(11-5-19)45-32(35,36)31(33,34)16-44-22-8-2-18(3-9-22)29-41-25-13-7-21(28(38)39)15-27(25)43-29/h2-15H,1,16,37H2,(H3,38,39)(H,40,42)(H,41,43). The number of benzene rings is 4. The van der Waals surface area contributed by atoms with Crippen LogP contribution in [0.2, 0.25) is 0 Å². The van der Waals surface area contributed by atoms with Crippen molar-refractivity contribution >= 4 is 33.6 Å². The summed E-state index contributed by atoms with van der Waals surface area (Å²) in [6.07, 6.45) is -4.87. The average Bonchev–Trinajstić information content (AvgIpc) is 3.64. The van der Waals surface area contributed by atoms with E-state index in [0.29, 0.717) is 56.1 Å². The molecule has 0 saturated carbocycles. The Morgan fingerprint density at radius 3 is 1.73 bits per heavy atom. The summed E-state index contributed by atoms with van der Waals surface area (Å²) < 4.78 is 67.9. The van der Waals surface area contributed by atoms with E-state index in [4.69, 9.17) is 21.6 Å². The van der Waals surface area contributed by atoms with Crippen molar-refractivity contribution in [2.45, 2.75) is 12.0 Å². The molecule has 0 fully saturated rings. The molecule has 4 aromatic carbocycles. The van der Waals surface area contributed by atoms with E-state index in [1.165, 1.54) is 24.3 Å². The molecule has 13 heteroatoms. The molecule has 228 valence electrons. The Morgan fingerprint density at radius 1 is 0.733 bits per heavy atom. The number of hydrogen-bond donors (Lipinski definition) is 5. The number of nitrogens with one attached hydrogen (secondary N) is 3. The Hall–Kier alpha value is -5.85. The molecule has 0 unspecified atom stereocenters. The Bertz CT molecular complexity index is 2050. The maximum absolute atomic E-state index is 14.6. The molecule has 0 aliphatic rings. The summed E-state index contributed by atoms with van der Waals surface area (Å²) in [6, 6.07) is 21.3. The van der Waals surface area contributed by atoms with Crippen molar-refractivity contribution in [3.05, 3.63) is 103 Å². The highest BCUT2D eigenvalue weighted by atomic mass is 19.3. The van der Waals surface area contributed by atoms with Crippen molar-refractivity contribution in [2.75, 3.05) is 6.61 Å². The van der Waals surface area contributed by atoms with E-state index in [1.54, 1.807) is 48.5 Å². The van der Waals surface area contributed by atoms with Gasteiger partial charge in [0, 0.05) is 22.4 Å². The van der Waals surface area contributed by atoms with Gasteiger partial charge in [0.1, 0.15) is 29.0 Å². The minimum Gasteiger partial charge on any atom is -0.487 e. The van der Waals surface area contributed by atoms with Crippen LogP contribution in [0, 0.1) is 5.41 Å². The van der Waals surface area contributed by atoms with E-state index in [-0.39, 0.29) is 11.6 Å². The highest BCUT2D eigenvalue weighted by Gasteiger charge is 2.60. The van der Waals surface area contributed by atoms with Crippen LogP contribution in [0.25, 0.3) is 50.5 Å². The second-order valence-electron chi connectivity index (χ2n) is 10.2. The predicted molar refractivity (Wildman–Crippen MR) is 163 cm³/mol. The first-order chi connectivity index (χ1) is 21.4. The predicted octanol–water partition coefficient (Wildman–Crippen LogP) is 6.67. The summed E-state index contributed by atoms with van der Waals surface area (Å²) in [6.45, 7) is 2.07. The van der Waals surface area contributed by atoms with Gasteiger partial charge in [0.05, 0.1) is 22.1 Å². The summed E-state index contributed by atoms with van der Waals surface area (Å²) in [4.78, 5) is 15.1. The summed E-state index contributed by atoms with van der Waals surface area (Å²) in [5, 5.41) is 7.56. The first-order valence-corrected chi connectivity index (χ1v) is 13.5. The van der Waals surface area contributed by atoms with Crippen LogP contribution in [0.3, 0.4) is 0 Å². The Kier molecular flexibility index (Phi) is 7.15. The number of nitrogen functional groups attached to an aromatic ring is 1. The fraction of sp³-hybridized carbons (Fsp3) is 0.0938. The van der Waals surface area contributed by atoms with Gasteiger partial charge in [-0.1, -0.05) is 12.6 Å². The minimum atomic E-state index is -4.87. The molecule has 45 heavy (non-hydrogen) atoms. The number of fused-ring (bicyclic) bond motifs is 2. The van der Waals surface area contributed by atoms with Crippen LogP contribution < -0.4 is 20.9 Å². The Labute approximate surface area is 253 Å². The molecule has 7 N–H and O–H groups in total. The Morgan fingerprint density at radius 2 is 1.22 bits per heavy atom. The van der Waals surface area contributed by atoms with Crippen LogP contribution >= 0.6 is 0 Å². The van der Waals surface area contributed by atoms with E-state index >= 15 is 0 Å². The number of rotatable bonds is 10. The van der Waals surface area contributed by atoms with E-state index < -0.39 is 24.4 Å². The number of hydrogen-bond acceptors (Lipinski definition) is 6. The van der Waals surface area contributed by atoms with Crippen molar-refractivity contribution in [1.29, 1.82) is 5.41 Å². The van der Waals surface area contributed by atoms with Gasteiger partial charge in [0.2, 0.25) is 0 Å². The van der Waals surface area contributed by atoms with Crippen LogP contribution in [0.1, 0.15) is 11.1 Å². The van der Waals surface area contributed by atoms with Gasteiger partial charge < -0.3 is 30.9 Å². The number of aromatic nitrogens is 4. The van der Waals surface area contributed by atoms with Gasteiger partial charge >= 0.3 is 12.0 Å². The summed E-state index contributed by atoms with van der Waals surface area (Å²) in [5.41, 5.74) is 16.6. The number of H-pyrrole nitrogens is 2. The number of nitrogens with two attached hydrogens (primary N) is 2. The fourth-order valence-corrected chi connectivity index (χ4v) is 4.53. The number of nitrogens with zero attached hydrogens (tertiary/aromatic N) is 2. The van der Waals surface area contributed by atoms with E-state index in [9.17, 15) is 17.6 Å². The highest BCUT2D eigenvalue weighted by molar-refractivity contribution is 5.98. The molecule has 2 aromatic heterocycles. The topological polar surface area (TPSA) is 152 Å². The zero-order chi connectivity index (χ0) is 31.9. The normalized spacial score (nSPS) is 12.0. The number of aromatic amines is 2. The molecule has 6 aromatic rings. The molecule has 9 nitrogen and oxygen atoms in total. The first-order valence-electron chi connectivity index (χ1n) is 13.5. The number of alkyl halides is 4. The molecule has 0 spiro atoms. The van der Waals surface area contributed by atoms with Crippen LogP contribution in [-0.4, -0.2) is 44.4 Å². The van der Waals surface area contributed by atoms with Crippen LogP contribution in [0.5, 0.6) is 11.5 Å². The van der Waals surface area contributed by atoms with E-state index in [2.05, 4.69) is 31.3 Å². The van der Waals surface area contributed by atoms with Gasteiger partial charge in [0.25, 0.3) is 0 Å². The second kappa shape index (κ2) is 11.0. The lowest BCUT2D eigenvalue weighted by Gasteiger charge is -2.26. The SMILES string of the molecule is C=C(N)c1ccc2nc(-c3ccc(OC(F)(F)C(F)(F)COc4ccc(-c5nc6ccc(C(=N)N)cc6[nH]5)cc4)cc3)[nH]c2c1. The zero-order valence-electron chi connectivity index (χ0n) is 23.4. The van der Waals surface area contributed by atoms with Gasteiger partial charge in [-0.2, -0.15) is 17.6 Å². The van der Waals surface area contributed by atoms with Crippen molar-refractivity contribution < 1.29 is 27.0 Å². The third-order valence-electron chi connectivity index (χ3n) is 6.99. The van der Waals surface area contributed by atoms with Gasteiger partial charge in [-0.3, -0.25) is 5.41 Å². The summed E-state index contributed by atoms with van der Waals surface area (Å²) in [5.74, 6) is -4.36. The van der Waals surface area contributed by atoms with Gasteiger partial charge in [-0.25, -0.2) is 9.97 Å². The van der Waals surface area contributed by atoms with Crippen LogP contribution in [-0.2, 0) is 0 Å². The monoisotopic (exact) mass is 615 g/mol. The second-order valence-corrected chi connectivity index (χ2v) is 10.2. The molecule has 0 atom stereocenters. The molecule has 0 amide bonds. The molecular formula is C32H25F4N7O2. The van der Waals surface area contributed by atoms with Crippen molar-refractivity contribution in [2.24, 2.45) is 11.5 Å². The fourth-order valence-electron chi connectivity index (χ4n) is 4.53. The lowest BCUT2D eigenvalue weighted by molar-refractivity contribution is -0.315. The van der Waals surface area contributed by atoms with Crippen LogP contribution in [0.15, 0.2) is 91.5 Å². The van der Waals surface area contributed by atoms with Crippen molar-refractivity contribution in [3.63, 3.8) is 0 Å². The number of halogens is 4. The molecule has 0 radical (unpaired) electrons. The van der Waals surface area contributed by atoms with E-state index in [1.807, 2.05) is 0 Å². The molecule has 2 heterocycles. The summed E-state index contributed by atoms with van der Waals surface area (Å²) >= 11 is 0. The maximum Gasteiger partial charge on any atom is 0.468 e. The molecular weight excluding hydrogens is 590 g/mol. The average molecular weight is 616 g/mol. The quantitative estimate of drug-likeness (QED) is 0.0659. The lowest BCUT2D eigenvalue weighted by atomic mass is 10.1. The van der Waals surface area contributed by atoms with Crippen LogP contribution in [0.4, 0.5) is 17.6 Å². The third kappa shape index (κ3) is 5.87. The molecule has 0 bridgehead atoms.